The van der Waals surface area contributed by atoms with Crippen LogP contribution in [0, 0.1) is 6.92 Å². The maximum Gasteiger partial charge on any atom is 0.354 e. The normalized spacial score (nSPS) is 11.0. The first-order valence-electron chi connectivity index (χ1n) is 6.79. The van der Waals surface area contributed by atoms with E-state index >= 15 is 0 Å². The molecule has 0 amide bonds. The monoisotopic (exact) mass is 315 g/mol. The molecule has 0 saturated heterocycles. The lowest BCUT2D eigenvalue weighted by molar-refractivity contribution is -0.138. The zero-order valence-electron chi connectivity index (χ0n) is 13.1. The van der Waals surface area contributed by atoms with Gasteiger partial charge in [-0.25, -0.2) is 14.6 Å². The molecule has 1 aromatic carbocycles. The summed E-state index contributed by atoms with van der Waals surface area (Å²) in [6, 6.07) is 7.27. The van der Waals surface area contributed by atoms with E-state index in [9.17, 15) is 9.59 Å². The zero-order valence-corrected chi connectivity index (χ0v) is 13.1. The van der Waals surface area contributed by atoms with Gasteiger partial charge in [0.1, 0.15) is 5.70 Å². The average Bonchev–Trinajstić information content (AvgIpc) is 3.00. The summed E-state index contributed by atoms with van der Waals surface area (Å²) in [5.41, 5.74) is 2.46. The van der Waals surface area contributed by atoms with Gasteiger partial charge in [-0.2, -0.15) is 0 Å². The van der Waals surface area contributed by atoms with Crippen molar-refractivity contribution < 1.29 is 19.1 Å². The van der Waals surface area contributed by atoms with Gasteiger partial charge in [-0.1, -0.05) is 0 Å². The highest BCUT2D eigenvalue weighted by molar-refractivity contribution is 5.98. The van der Waals surface area contributed by atoms with Crippen LogP contribution in [0.15, 0.2) is 48.6 Å². The van der Waals surface area contributed by atoms with Gasteiger partial charge in [0.25, 0.3) is 0 Å². The lowest BCUT2D eigenvalue weighted by atomic mass is 10.2. The maximum absolute atomic E-state index is 11.7. The summed E-state index contributed by atoms with van der Waals surface area (Å²) >= 11 is 0. The Morgan fingerprint density at radius 2 is 1.87 bits per heavy atom. The molecule has 0 atom stereocenters. The quantitative estimate of drug-likeness (QED) is 0.669. The number of aromatic nitrogens is 2. The van der Waals surface area contributed by atoms with Crippen LogP contribution in [0.5, 0.6) is 0 Å². The molecule has 2 rings (SSSR count). The molecule has 7 nitrogen and oxygen atoms in total. The summed E-state index contributed by atoms with van der Waals surface area (Å²) in [6.45, 7) is 1.91. The van der Waals surface area contributed by atoms with Crippen LogP contribution >= 0.6 is 0 Å². The minimum absolute atomic E-state index is 0.00873. The van der Waals surface area contributed by atoms with Gasteiger partial charge >= 0.3 is 11.9 Å². The van der Waals surface area contributed by atoms with E-state index in [1.807, 2.05) is 29.8 Å². The number of methoxy groups -OCH3 is 2. The number of hydrogen-bond acceptors (Lipinski definition) is 6. The molecule has 0 aliphatic heterocycles. The van der Waals surface area contributed by atoms with Gasteiger partial charge in [0.2, 0.25) is 0 Å². The highest BCUT2D eigenvalue weighted by atomic mass is 16.5. The third-order valence-electron chi connectivity index (χ3n) is 3.02. The fourth-order valence-electron chi connectivity index (χ4n) is 1.87. The molecule has 7 heteroatoms. The smallest absolute Gasteiger partial charge is 0.354 e. The van der Waals surface area contributed by atoms with Crippen molar-refractivity contribution in [2.24, 2.45) is 0 Å². The van der Waals surface area contributed by atoms with Crippen molar-refractivity contribution in [3.8, 4) is 5.69 Å². The number of esters is 2. The second-order valence-corrected chi connectivity index (χ2v) is 4.67. The Morgan fingerprint density at radius 3 is 2.39 bits per heavy atom. The van der Waals surface area contributed by atoms with E-state index in [4.69, 9.17) is 0 Å². The predicted octanol–water partition coefficient (Wildman–Crippen LogP) is 1.82. The molecule has 120 valence electrons. The first kappa shape index (κ1) is 16.3. The van der Waals surface area contributed by atoms with Crippen molar-refractivity contribution in [1.29, 1.82) is 0 Å². The minimum atomic E-state index is -0.662. The van der Waals surface area contributed by atoms with Gasteiger partial charge in [0, 0.05) is 17.6 Å². The van der Waals surface area contributed by atoms with E-state index < -0.39 is 11.9 Å². The first-order chi connectivity index (χ1) is 11.0. The fraction of sp³-hybridized carbons (Fsp3) is 0.188. The average molecular weight is 315 g/mol. The van der Waals surface area contributed by atoms with Crippen LogP contribution in [0.1, 0.15) is 5.69 Å². The highest BCUT2D eigenvalue weighted by Gasteiger charge is 2.12. The first-order valence-corrected chi connectivity index (χ1v) is 6.79. The Hall–Kier alpha value is -3.09. The van der Waals surface area contributed by atoms with Crippen molar-refractivity contribution in [3.05, 3.63) is 54.3 Å². The number of aryl methyl sites for hydroxylation is 1. The molecule has 1 heterocycles. The SMILES string of the molecule is COC(=O)/C=C(/Nc1ccc(-n2cnc(C)c2)cc1)C(=O)OC. The molecule has 1 aromatic heterocycles. The van der Waals surface area contributed by atoms with Crippen LogP contribution in [-0.4, -0.2) is 35.7 Å². The van der Waals surface area contributed by atoms with Crippen molar-refractivity contribution in [2.45, 2.75) is 6.92 Å². The number of benzene rings is 1. The summed E-state index contributed by atoms with van der Waals surface area (Å²) in [5.74, 6) is -1.31. The molecular weight excluding hydrogens is 298 g/mol. The molecule has 0 spiro atoms. The molecular formula is C16H17N3O4. The Balaban J connectivity index is 2.19. The summed E-state index contributed by atoms with van der Waals surface area (Å²) in [7, 11) is 2.47. The van der Waals surface area contributed by atoms with Gasteiger partial charge in [0.05, 0.1) is 32.3 Å². The maximum atomic E-state index is 11.7. The molecule has 0 aliphatic rings. The van der Waals surface area contributed by atoms with Gasteiger partial charge in [-0.15, -0.1) is 0 Å². The third-order valence-corrected chi connectivity index (χ3v) is 3.02. The Labute approximate surface area is 133 Å². The van der Waals surface area contributed by atoms with Gasteiger partial charge in [-0.05, 0) is 31.2 Å². The topological polar surface area (TPSA) is 82.5 Å². The second kappa shape index (κ2) is 7.26. The largest absolute Gasteiger partial charge is 0.466 e. The standard InChI is InChI=1S/C16H17N3O4/c1-11-9-19(10-17-11)13-6-4-12(5-7-13)18-14(16(21)23-3)8-15(20)22-2/h4-10,18H,1-3H3/b14-8+. The van der Waals surface area contributed by atoms with Crippen LogP contribution in [0.4, 0.5) is 5.69 Å². The van der Waals surface area contributed by atoms with E-state index in [2.05, 4.69) is 19.8 Å². The van der Waals surface area contributed by atoms with E-state index in [1.165, 1.54) is 14.2 Å². The van der Waals surface area contributed by atoms with Crippen molar-refractivity contribution in [2.75, 3.05) is 19.5 Å². The molecule has 0 fully saturated rings. The fourth-order valence-corrected chi connectivity index (χ4v) is 1.87. The Kier molecular flexibility index (Phi) is 5.14. The zero-order chi connectivity index (χ0) is 16.8. The van der Waals surface area contributed by atoms with Crippen LogP contribution in [0.25, 0.3) is 5.69 Å². The number of imidazole rings is 1. The minimum Gasteiger partial charge on any atom is -0.466 e. The third kappa shape index (κ3) is 4.19. The van der Waals surface area contributed by atoms with Crippen LogP contribution < -0.4 is 5.32 Å². The number of nitrogens with zero attached hydrogens (tertiary/aromatic N) is 2. The lowest BCUT2D eigenvalue weighted by Gasteiger charge is -2.10. The number of carbonyl (C=O) groups is 2. The summed E-state index contributed by atoms with van der Waals surface area (Å²) in [4.78, 5) is 27.2. The molecule has 0 radical (unpaired) electrons. The Morgan fingerprint density at radius 1 is 1.17 bits per heavy atom. The second-order valence-electron chi connectivity index (χ2n) is 4.67. The van der Waals surface area contributed by atoms with Crippen LogP contribution in [0.2, 0.25) is 0 Å². The number of carbonyl (C=O) groups excluding carboxylic acids is 2. The van der Waals surface area contributed by atoms with Gasteiger partial charge in [-0.3, -0.25) is 0 Å². The number of ether oxygens (including phenoxy) is 2. The van der Waals surface area contributed by atoms with Crippen molar-refractivity contribution in [1.82, 2.24) is 9.55 Å². The van der Waals surface area contributed by atoms with E-state index in [0.29, 0.717) is 5.69 Å². The van der Waals surface area contributed by atoms with Crippen LogP contribution in [-0.2, 0) is 19.1 Å². The molecule has 0 unspecified atom stereocenters. The van der Waals surface area contributed by atoms with Crippen LogP contribution in [0.3, 0.4) is 0 Å². The molecule has 2 aromatic rings. The number of rotatable bonds is 5. The molecule has 0 bridgehead atoms. The van der Waals surface area contributed by atoms with E-state index in [1.54, 1.807) is 18.5 Å². The summed E-state index contributed by atoms with van der Waals surface area (Å²) in [5, 5.41) is 2.84. The van der Waals surface area contributed by atoms with E-state index in [0.717, 1.165) is 17.5 Å². The van der Waals surface area contributed by atoms with E-state index in [-0.39, 0.29) is 5.70 Å². The highest BCUT2D eigenvalue weighted by Crippen LogP contribution is 2.16. The number of nitrogens with one attached hydrogen (secondary N) is 1. The number of anilines is 1. The molecule has 0 aliphatic carbocycles. The molecule has 1 N–H and O–H groups in total. The summed E-state index contributed by atoms with van der Waals surface area (Å²) in [6.07, 6.45) is 4.66. The number of hydrogen-bond donors (Lipinski definition) is 1. The Bertz CT molecular complexity index is 732. The lowest BCUT2D eigenvalue weighted by Crippen LogP contribution is -2.15. The van der Waals surface area contributed by atoms with Crippen molar-refractivity contribution in [3.63, 3.8) is 0 Å². The predicted molar refractivity (Wildman–Crippen MR) is 84.0 cm³/mol. The van der Waals surface area contributed by atoms with Gasteiger partial charge < -0.3 is 19.4 Å². The molecule has 0 saturated carbocycles. The summed E-state index contributed by atoms with van der Waals surface area (Å²) < 4.78 is 11.0. The molecule has 23 heavy (non-hydrogen) atoms. The van der Waals surface area contributed by atoms with Crippen molar-refractivity contribution >= 4 is 17.6 Å². The van der Waals surface area contributed by atoms with Gasteiger partial charge in [0.15, 0.2) is 0 Å².